The van der Waals surface area contributed by atoms with Crippen molar-refractivity contribution in [3.63, 3.8) is 0 Å². The fourth-order valence-electron chi connectivity index (χ4n) is 3.12. The quantitative estimate of drug-likeness (QED) is 0.593. The van der Waals surface area contributed by atoms with Gasteiger partial charge < -0.3 is 0 Å². The second-order valence-electron chi connectivity index (χ2n) is 6.23. The van der Waals surface area contributed by atoms with Crippen molar-refractivity contribution in [3.05, 3.63) is 69.3 Å². The lowest BCUT2D eigenvalue weighted by Crippen LogP contribution is -2.34. The molecule has 0 radical (unpaired) electrons. The molecule has 27 heavy (non-hydrogen) atoms. The molecule has 0 atom stereocenters. The molecule has 0 unspecified atom stereocenters. The maximum absolute atomic E-state index is 13.1. The highest BCUT2D eigenvalue weighted by Gasteiger charge is 2.18. The average Bonchev–Trinajstić information content (AvgIpc) is 3.16. The number of aryl methyl sites for hydroxylation is 3. The van der Waals surface area contributed by atoms with Gasteiger partial charge in [-0.1, -0.05) is 30.3 Å². The van der Waals surface area contributed by atoms with E-state index >= 15 is 0 Å². The van der Waals surface area contributed by atoms with Crippen LogP contribution in [0.15, 0.2) is 47.5 Å². The van der Waals surface area contributed by atoms with Gasteiger partial charge in [0.25, 0.3) is 11.5 Å². The minimum atomic E-state index is -0.422. The Kier molecular flexibility index (Phi) is 4.12. The highest BCUT2D eigenvalue weighted by Crippen LogP contribution is 2.35. The first-order chi connectivity index (χ1) is 13.0. The second-order valence-corrected chi connectivity index (χ2v) is 7.44. The van der Waals surface area contributed by atoms with Gasteiger partial charge in [-0.15, -0.1) is 11.3 Å². The largest absolute Gasteiger partial charge is 0.288 e. The predicted molar refractivity (Wildman–Crippen MR) is 106 cm³/mol. The maximum atomic E-state index is 13.1. The van der Waals surface area contributed by atoms with Gasteiger partial charge in [-0.2, -0.15) is 5.10 Å². The van der Waals surface area contributed by atoms with Gasteiger partial charge in [-0.25, -0.2) is 9.66 Å². The number of thiophene rings is 1. The molecule has 1 N–H and O–H groups in total. The van der Waals surface area contributed by atoms with Crippen LogP contribution in [0.2, 0.25) is 0 Å². The van der Waals surface area contributed by atoms with Crippen LogP contribution in [0.3, 0.4) is 0 Å². The molecule has 7 nitrogen and oxygen atoms in total. The molecule has 0 bridgehead atoms. The number of fused-ring (bicyclic) bond motifs is 1. The summed E-state index contributed by atoms with van der Waals surface area (Å²) >= 11 is 1.47. The standard InChI is InChI=1S/C19H17N5O2S/c1-11-9-14(23(3)21-11)17(25)22-24-10-20-18-16(19(24)26)15(12(2)27-18)13-7-5-4-6-8-13/h4-10H,1-3H3,(H,22,25). The van der Waals surface area contributed by atoms with Crippen molar-refractivity contribution in [2.24, 2.45) is 7.05 Å². The summed E-state index contributed by atoms with van der Waals surface area (Å²) in [6, 6.07) is 11.4. The molecule has 0 aliphatic carbocycles. The number of rotatable bonds is 3. The third-order valence-corrected chi connectivity index (χ3v) is 5.32. The van der Waals surface area contributed by atoms with Gasteiger partial charge in [-0.3, -0.25) is 19.7 Å². The van der Waals surface area contributed by atoms with Gasteiger partial charge in [0, 0.05) is 17.5 Å². The topological polar surface area (TPSA) is 81.8 Å². The summed E-state index contributed by atoms with van der Waals surface area (Å²) in [5.41, 5.74) is 5.19. The summed E-state index contributed by atoms with van der Waals surface area (Å²) in [4.78, 5) is 31.7. The first-order valence-corrected chi connectivity index (χ1v) is 9.15. The number of carbonyl (C=O) groups is 1. The van der Waals surface area contributed by atoms with Crippen molar-refractivity contribution >= 4 is 27.5 Å². The van der Waals surface area contributed by atoms with Gasteiger partial charge in [0.2, 0.25) is 0 Å². The molecule has 4 aromatic rings. The number of amides is 1. The average molecular weight is 379 g/mol. The van der Waals surface area contributed by atoms with Crippen LogP contribution in [0.4, 0.5) is 0 Å². The van der Waals surface area contributed by atoms with Crippen LogP contribution in [0.1, 0.15) is 21.1 Å². The van der Waals surface area contributed by atoms with Crippen molar-refractivity contribution in [1.82, 2.24) is 19.4 Å². The van der Waals surface area contributed by atoms with Gasteiger partial charge >= 0.3 is 0 Å². The van der Waals surface area contributed by atoms with Crippen LogP contribution in [0.5, 0.6) is 0 Å². The zero-order valence-corrected chi connectivity index (χ0v) is 15.9. The van der Waals surface area contributed by atoms with Gasteiger partial charge in [-0.05, 0) is 25.5 Å². The van der Waals surface area contributed by atoms with E-state index in [9.17, 15) is 9.59 Å². The number of hydrogen-bond donors (Lipinski definition) is 1. The predicted octanol–water partition coefficient (Wildman–Crippen LogP) is 2.86. The lowest BCUT2D eigenvalue weighted by molar-refractivity contribution is 0.0998. The number of benzene rings is 1. The summed E-state index contributed by atoms with van der Waals surface area (Å²) in [7, 11) is 1.68. The third-order valence-electron chi connectivity index (χ3n) is 4.31. The summed E-state index contributed by atoms with van der Waals surface area (Å²) in [5.74, 6) is -0.422. The zero-order valence-electron chi connectivity index (χ0n) is 15.1. The molecule has 0 aliphatic heterocycles. The van der Waals surface area contributed by atoms with E-state index in [1.165, 1.54) is 22.3 Å². The summed E-state index contributed by atoms with van der Waals surface area (Å²) in [5, 5.41) is 4.66. The molecule has 0 fully saturated rings. The first-order valence-electron chi connectivity index (χ1n) is 8.34. The molecule has 1 aromatic carbocycles. The van der Waals surface area contributed by atoms with Gasteiger partial charge in [0.1, 0.15) is 16.9 Å². The zero-order chi connectivity index (χ0) is 19.1. The molecular weight excluding hydrogens is 362 g/mol. The Balaban J connectivity index is 1.82. The molecular formula is C19H17N5O2S. The van der Waals surface area contributed by atoms with E-state index in [1.807, 2.05) is 37.3 Å². The van der Waals surface area contributed by atoms with E-state index < -0.39 is 5.91 Å². The number of nitrogens with one attached hydrogen (secondary N) is 1. The van der Waals surface area contributed by atoms with E-state index in [2.05, 4.69) is 15.5 Å². The van der Waals surface area contributed by atoms with Crippen molar-refractivity contribution in [2.75, 3.05) is 5.43 Å². The fourth-order valence-corrected chi connectivity index (χ4v) is 4.13. The van der Waals surface area contributed by atoms with E-state index in [0.29, 0.717) is 15.9 Å². The SMILES string of the molecule is Cc1cc(C(=O)Nn2cnc3sc(C)c(-c4ccccc4)c3c2=O)n(C)n1. The number of carbonyl (C=O) groups excluding carboxylic acids is 1. The number of hydrogen-bond acceptors (Lipinski definition) is 5. The first kappa shape index (κ1) is 17.2. The molecule has 0 aliphatic rings. The molecule has 0 saturated heterocycles. The Morgan fingerprint density at radius 1 is 1.19 bits per heavy atom. The monoisotopic (exact) mass is 379 g/mol. The van der Waals surface area contributed by atoms with E-state index in [4.69, 9.17) is 0 Å². The highest BCUT2D eigenvalue weighted by atomic mass is 32.1. The molecule has 0 saturated carbocycles. The third kappa shape index (κ3) is 2.93. The van der Waals surface area contributed by atoms with Crippen molar-refractivity contribution in [3.8, 4) is 11.1 Å². The molecule has 136 valence electrons. The minimum Gasteiger partial charge on any atom is -0.267 e. The van der Waals surface area contributed by atoms with Crippen LogP contribution >= 0.6 is 11.3 Å². The molecule has 3 aromatic heterocycles. The van der Waals surface area contributed by atoms with Crippen molar-refractivity contribution in [2.45, 2.75) is 13.8 Å². The van der Waals surface area contributed by atoms with Crippen LogP contribution in [0.25, 0.3) is 21.3 Å². The molecule has 8 heteroatoms. The summed E-state index contributed by atoms with van der Waals surface area (Å²) in [6.07, 6.45) is 1.34. The lowest BCUT2D eigenvalue weighted by atomic mass is 10.0. The Bertz CT molecular complexity index is 1220. The minimum absolute atomic E-state index is 0.310. The van der Waals surface area contributed by atoms with Crippen LogP contribution in [-0.4, -0.2) is 25.3 Å². The lowest BCUT2D eigenvalue weighted by Gasteiger charge is -2.08. The second kappa shape index (κ2) is 6.48. The van der Waals surface area contributed by atoms with Crippen molar-refractivity contribution < 1.29 is 4.79 Å². The van der Waals surface area contributed by atoms with E-state index in [-0.39, 0.29) is 5.56 Å². The Labute approximate surface area is 158 Å². The molecule has 0 spiro atoms. The van der Waals surface area contributed by atoms with E-state index in [1.54, 1.807) is 20.0 Å². The fraction of sp³-hybridized carbons (Fsp3) is 0.158. The molecule has 1 amide bonds. The Hall–Kier alpha value is -3.26. The van der Waals surface area contributed by atoms with Gasteiger partial charge in [0.05, 0.1) is 11.1 Å². The van der Waals surface area contributed by atoms with Crippen molar-refractivity contribution in [1.29, 1.82) is 0 Å². The normalized spacial score (nSPS) is 11.1. The van der Waals surface area contributed by atoms with Crippen LogP contribution < -0.4 is 11.0 Å². The van der Waals surface area contributed by atoms with Crippen LogP contribution in [0, 0.1) is 13.8 Å². The number of aromatic nitrogens is 4. The van der Waals surface area contributed by atoms with Gasteiger partial charge in [0.15, 0.2) is 0 Å². The van der Waals surface area contributed by atoms with Crippen LogP contribution in [-0.2, 0) is 7.05 Å². The van der Waals surface area contributed by atoms with E-state index in [0.717, 1.165) is 26.4 Å². The molecule has 4 rings (SSSR count). The Morgan fingerprint density at radius 3 is 2.59 bits per heavy atom. The smallest absolute Gasteiger partial charge is 0.267 e. The number of nitrogens with zero attached hydrogens (tertiary/aromatic N) is 4. The maximum Gasteiger partial charge on any atom is 0.288 e. The summed E-state index contributed by atoms with van der Waals surface area (Å²) in [6.45, 7) is 3.77. The Morgan fingerprint density at radius 2 is 1.93 bits per heavy atom. The summed E-state index contributed by atoms with van der Waals surface area (Å²) < 4.78 is 2.61. The highest BCUT2D eigenvalue weighted by molar-refractivity contribution is 7.19. The molecule has 3 heterocycles.